The molecule has 3 heteroatoms. The van der Waals surface area contributed by atoms with E-state index in [1.165, 1.54) is 64.2 Å². The van der Waals surface area contributed by atoms with Gasteiger partial charge in [-0.2, -0.15) is 0 Å². The van der Waals surface area contributed by atoms with Crippen molar-refractivity contribution >= 4 is 12.0 Å². The van der Waals surface area contributed by atoms with Crippen molar-refractivity contribution in [1.82, 2.24) is 0 Å². The fraction of sp³-hybridized carbons (Fsp3) is 0.667. The Bertz CT molecular complexity index is 536. The first kappa shape index (κ1) is 26.3. The highest BCUT2D eigenvalue weighted by atomic mass is 16.5. The summed E-state index contributed by atoms with van der Waals surface area (Å²) in [6, 6.07) is 8.05. The van der Waals surface area contributed by atoms with Gasteiger partial charge in [-0.25, -0.2) is 0 Å². The highest BCUT2D eigenvalue weighted by Gasteiger charge is 2.02. The van der Waals surface area contributed by atoms with Crippen molar-refractivity contribution in [2.24, 2.45) is 0 Å². The second-order valence-electron chi connectivity index (χ2n) is 8.19. The van der Waals surface area contributed by atoms with Crippen LogP contribution in [-0.2, 0) is 9.53 Å². The summed E-state index contributed by atoms with van der Waals surface area (Å²) >= 11 is 0. The van der Waals surface area contributed by atoms with Crippen molar-refractivity contribution in [3.63, 3.8) is 0 Å². The summed E-state index contributed by atoms with van der Waals surface area (Å²) in [6.07, 6.45) is 19.2. The highest BCUT2D eigenvalue weighted by molar-refractivity contribution is 5.69. The van der Waals surface area contributed by atoms with Gasteiger partial charge in [-0.1, -0.05) is 102 Å². The first-order valence-electron chi connectivity index (χ1n) is 12.3. The number of unbranched alkanes of at least 4 members (excludes halogenated alkanes) is 12. The van der Waals surface area contributed by atoms with Gasteiger partial charge in [0.25, 0.3) is 0 Å². The Balaban J connectivity index is 1.80. The molecule has 0 aliphatic rings. The van der Waals surface area contributed by atoms with Crippen molar-refractivity contribution in [2.75, 3.05) is 13.2 Å². The fourth-order valence-corrected chi connectivity index (χ4v) is 3.46. The quantitative estimate of drug-likeness (QED) is 0.159. The molecule has 0 amide bonds. The molecule has 0 atom stereocenters. The van der Waals surface area contributed by atoms with Crippen molar-refractivity contribution in [3.8, 4) is 5.75 Å². The molecule has 1 aromatic rings. The smallest absolute Gasteiger partial charge is 0.305 e. The Morgan fingerprint density at radius 3 is 1.90 bits per heavy atom. The lowest BCUT2D eigenvalue weighted by Gasteiger charge is -2.07. The number of benzene rings is 1. The normalized spacial score (nSPS) is 10.7. The zero-order valence-electron chi connectivity index (χ0n) is 19.3. The first-order chi connectivity index (χ1) is 14.8. The van der Waals surface area contributed by atoms with E-state index in [0.717, 1.165) is 43.6 Å². The number of hydrogen-bond donors (Lipinski definition) is 0. The van der Waals surface area contributed by atoms with Gasteiger partial charge in [-0.15, -0.1) is 0 Å². The number of esters is 1. The Morgan fingerprint density at radius 1 is 0.767 bits per heavy atom. The maximum Gasteiger partial charge on any atom is 0.305 e. The molecule has 1 aromatic carbocycles. The van der Waals surface area contributed by atoms with Gasteiger partial charge in [0.2, 0.25) is 0 Å². The summed E-state index contributed by atoms with van der Waals surface area (Å²) in [5, 5.41) is 0. The van der Waals surface area contributed by atoms with Crippen molar-refractivity contribution in [3.05, 3.63) is 36.4 Å². The lowest BCUT2D eigenvalue weighted by atomic mass is 10.1. The van der Waals surface area contributed by atoms with E-state index in [-0.39, 0.29) is 5.97 Å². The average Bonchev–Trinajstić information content (AvgIpc) is 2.77. The predicted octanol–water partition coefficient (Wildman–Crippen LogP) is 8.12. The maximum atomic E-state index is 11.7. The molecule has 0 aliphatic heterocycles. The molecule has 0 spiro atoms. The maximum absolute atomic E-state index is 11.7. The van der Waals surface area contributed by atoms with E-state index in [1.54, 1.807) is 0 Å². The summed E-state index contributed by atoms with van der Waals surface area (Å²) in [5.41, 5.74) is 1.12. The molecule has 0 radical (unpaired) electrons. The summed E-state index contributed by atoms with van der Waals surface area (Å²) in [4.78, 5) is 11.7. The van der Waals surface area contributed by atoms with Gasteiger partial charge in [0.15, 0.2) is 0 Å². The van der Waals surface area contributed by atoms with Gasteiger partial charge in [-0.05, 0) is 37.0 Å². The molecule has 0 bridgehead atoms. The number of hydrogen-bond acceptors (Lipinski definition) is 3. The molecule has 0 saturated heterocycles. The largest absolute Gasteiger partial charge is 0.494 e. The molecular formula is C27H44O3. The van der Waals surface area contributed by atoms with Crippen LogP contribution in [0.5, 0.6) is 5.75 Å². The second-order valence-corrected chi connectivity index (χ2v) is 8.19. The molecule has 30 heavy (non-hydrogen) atoms. The lowest BCUT2D eigenvalue weighted by molar-refractivity contribution is -0.143. The van der Waals surface area contributed by atoms with Crippen LogP contribution >= 0.6 is 0 Å². The second kappa shape index (κ2) is 19.2. The topological polar surface area (TPSA) is 35.5 Å². The van der Waals surface area contributed by atoms with Gasteiger partial charge < -0.3 is 9.47 Å². The molecule has 0 aromatic heterocycles. The van der Waals surface area contributed by atoms with Crippen LogP contribution in [0.4, 0.5) is 0 Å². The van der Waals surface area contributed by atoms with Crippen molar-refractivity contribution in [1.29, 1.82) is 0 Å². The predicted molar refractivity (Wildman–Crippen MR) is 128 cm³/mol. The molecule has 3 nitrogen and oxygen atoms in total. The van der Waals surface area contributed by atoms with Crippen LogP contribution in [-0.4, -0.2) is 19.2 Å². The number of carbonyl (C=O) groups is 1. The monoisotopic (exact) mass is 416 g/mol. The van der Waals surface area contributed by atoms with E-state index >= 15 is 0 Å². The molecule has 1 rings (SSSR count). The Hall–Kier alpha value is -1.77. The van der Waals surface area contributed by atoms with Gasteiger partial charge >= 0.3 is 5.97 Å². The minimum Gasteiger partial charge on any atom is -0.494 e. The minimum atomic E-state index is -0.0114. The first-order valence-corrected chi connectivity index (χ1v) is 12.3. The van der Waals surface area contributed by atoms with Crippen LogP contribution in [0.25, 0.3) is 6.08 Å². The van der Waals surface area contributed by atoms with Gasteiger partial charge in [0, 0.05) is 6.42 Å². The lowest BCUT2D eigenvalue weighted by Crippen LogP contribution is -2.05. The highest BCUT2D eigenvalue weighted by Crippen LogP contribution is 2.14. The number of ether oxygens (including phenoxy) is 2. The summed E-state index contributed by atoms with van der Waals surface area (Å²) in [6.45, 7) is 7.38. The Kier molecular flexibility index (Phi) is 16.8. The molecule has 170 valence electrons. The third-order valence-corrected chi connectivity index (χ3v) is 5.42. The number of rotatable bonds is 20. The molecule has 0 saturated carbocycles. The van der Waals surface area contributed by atoms with E-state index in [1.807, 2.05) is 30.3 Å². The number of carbonyl (C=O) groups excluding carboxylic acids is 1. The fourth-order valence-electron chi connectivity index (χ4n) is 3.46. The standard InChI is InChI=1S/C27H44O3/c1-3-5-6-7-13-17-24-30-27(28)18-15-12-10-8-9-11-14-16-23-29-26-21-19-25(4-2)20-22-26/h4,19-22H,2-3,5-18,23-24H2,1H3. The zero-order chi connectivity index (χ0) is 21.7. The minimum absolute atomic E-state index is 0.0114. The van der Waals surface area contributed by atoms with E-state index < -0.39 is 0 Å². The molecule has 0 fully saturated rings. The van der Waals surface area contributed by atoms with Crippen LogP contribution < -0.4 is 4.74 Å². The summed E-state index contributed by atoms with van der Waals surface area (Å²) in [5.74, 6) is 0.925. The third-order valence-electron chi connectivity index (χ3n) is 5.42. The van der Waals surface area contributed by atoms with E-state index in [0.29, 0.717) is 13.0 Å². The van der Waals surface area contributed by atoms with E-state index in [9.17, 15) is 4.79 Å². The molecular weight excluding hydrogens is 372 g/mol. The van der Waals surface area contributed by atoms with Crippen LogP contribution in [0.1, 0.15) is 109 Å². The van der Waals surface area contributed by atoms with Crippen LogP contribution in [0, 0.1) is 0 Å². The average molecular weight is 417 g/mol. The van der Waals surface area contributed by atoms with Gasteiger partial charge in [-0.3, -0.25) is 4.79 Å². The summed E-state index contributed by atoms with van der Waals surface area (Å²) < 4.78 is 11.1. The molecule has 0 aliphatic carbocycles. The van der Waals surface area contributed by atoms with E-state index in [2.05, 4.69) is 13.5 Å². The Labute approximate surface area is 185 Å². The van der Waals surface area contributed by atoms with Crippen molar-refractivity contribution < 1.29 is 14.3 Å². The van der Waals surface area contributed by atoms with Crippen LogP contribution in [0.15, 0.2) is 30.8 Å². The van der Waals surface area contributed by atoms with Crippen LogP contribution in [0.3, 0.4) is 0 Å². The Morgan fingerprint density at radius 2 is 1.30 bits per heavy atom. The zero-order valence-corrected chi connectivity index (χ0v) is 19.3. The van der Waals surface area contributed by atoms with Gasteiger partial charge in [0.05, 0.1) is 13.2 Å². The molecule has 0 N–H and O–H groups in total. The van der Waals surface area contributed by atoms with Gasteiger partial charge in [0.1, 0.15) is 5.75 Å². The SMILES string of the molecule is C=Cc1ccc(OCCCCCCCCCCC(=O)OCCCCCCCC)cc1. The third kappa shape index (κ3) is 15.1. The molecule has 0 unspecified atom stereocenters. The van der Waals surface area contributed by atoms with E-state index in [4.69, 9.17) is 9.47 Å². The molecule has 0 heterocycles. The summed E-state index contributed by atoms with van der Waals surface area (Å²) in [7, 11) is 0. The van der Waals surface area contributed by atoms with Crippen LogP contribution in [0.2, 0.25) is 0 Å². The van der Waals surface area contributed by atoms with Crippen molar-refractivity contribution in [2.45, 2.75) is 103 Å².